The van der Waals surface area contributed by atoms with Crippen LogP contribution in [-0.2, 0) is 16.4 Å². The fraction of sp³-hybridized carbons (Fsp3) is 0.200. The molecule has 2 aromatic rings. The van der Waals surface area contributed by atoms with Crippen LogP contribution in [0.1, 0.15) is 5.56 Å². The summed E-state index contributed by atoms with van der Waals surface area (Å²) >= 11 is 0. The predicted molar refractivity (Wildman–Crippen MR) is 79.4 cm³/mol. The Hall–Kier alpha value is -1.85. The Morgan fingerprint density at radius 2 is 1.65 bits per heavy atom. The maximum absolute atomic E-state index is 11.4. The molecule has 0 aliphatic carbocycles. The third-order valence-corrected chi connectivity index (χ3v) is 4.24. The van der Waals surface area contributed by atoms with Gasteiger partial charge in [0.2, 0.25) is 0 Å². The lowest BCUT2D eigenvalue weighted by Gasteiger charge is -2.09. The second kappa shape index (κ2) is 5.64. The van der Waals surface area contributed by atoms with Crippen molar-refractivity contribution < 1.29 is 13.2 Å². The molecule has 2 rings (SSSR count). The summed E-state index contributed by atoms with van der Waals surface area (Å²) in [5.74, 6) is 0.754. The summed E-state index contributed by atoms with van der Waals surface area (Å²) in [5.41, 5.74) is 8.53. The molecule has 0 saturated heterocycles. The zero-order valence-corrected chi connectivity index (χ0v) is 12.3. The van der Waals surface area contributed by atoms with Crippen molar-refractivity contribution >= 4 is 9.84 Å². The molecule has 0 aliphatic rings. The van der Waals surface area contributed by atoms with Gasteiger partial charge < -0.3 is 10.5 Å². The third-order valence-electron chi connectivity index (χ3n) is 3.12. The maximum Gasteiger partial charge on any atom is 0.175 e. The van der Waals surface area contributed by atoms with Gasteiger partial charge in [-0.3, -0.25) is 0 Å². The van der Waals surface area contributed by atoms with Gasteiger partial charge in [0.05, 0.1) is 12.0 Å². The van der Waals surface area contributed by atoms with E-state index in [1.807, 2.05) is 18.2 Å². The van der Waals surface area contributed by atoms with Crippen molar-refractivity contribution in [1.29, 1.82) is 0 Å². The van der Waals surface area contributed by atoms with Crippen LogP contribution >= 0.6 is 0 Å². The number of sulfone groups is 1. The van der Waals surface area contributed by atoms with E-state index in [1.165, 1.54) is 6.26 Å². The summed E-state index contributed by atoms with van der Waals surface area (Å²) in [6.45, 7) is 0.387. The van der Waals surface area contributed by atoms with Crippen molar-refractivity contribution in [2.45, 2.75) is 11.4 Å². The first kappa shape index (κ1) is 14.6. The van der Waals surface area contributed by atoms with Gasteiger partial charge in [-0.1, -0.05) is 18.2 Å². The average molecular weight is 291 g/mol. The molecule has 0 unspecified atom stereocenters. The Morgan fingerprint density at radius 3 is 2.15 bits per heavy atom. The first-order valence-corrected chi connectivity index (χ1v) is 8.02. The summed E-state index contributed by atoms with van der Waals surface area (Å²) in [4.78, 5) is 0.314. The Balaban J connectivity index is 2.42. The van der Waals surface area contributed by atoms with Gasteiger partial charge >= 0.3 is 0 Å². The van der Waals surface area contributed by atoms with Crippen LogP contribution in [-0.4, -0.2) is 21.8 Å². The summed E-state index contributed by atoms with van der Waals surface area (Å²) in [5, 5.41) is 0. The number of methoxy groups -OCH3 is 1. The fourth-order valence-corrected chi connectivity index (χ4v) is 2.64. The Bertz CT molecular complexity index is 706. The van der Waals surface area contributed by atoms with Crippen molar-refractivity contribution in [3.63, 3.8) is 0 Å². The highest BCUT2D eigenvalue weighted by atomic mass is 32.2. The van der Waals surface area contributed by atoms with Gasteiger partial charge in [-0.25, -0.2) is 8.42 Å². The van der Waals surface area contributed by atoms with E-state index in [4.69, 9.17) is 10.5 Å². The van der Waals surface area contributed by atoms with Gasteiger partial charge in [-0.05, 0) is 35.4 Å². The minimum Gasteiger partial charge on any atom is -0.496 e. The molecule has 0 atom stereocenters. The molecule has 0 aromatic heterocycles. The minimum atomic E-state index is -3.17. The van der Waals surface area contributed by atoms with Crippen molar-refractivity contribution in [1.82, 2.24) is 0 Å². The lowest BCUT2D eigenvalue weighted by Crippen LogP contribution is -2.00. The number of hydrogen-bond donors (Lipinski definition) is 1. The van der Waals surface area contributed by atoms with Gasteiger partial charge in [-0.2, -0.15) is 0 Å². The monoisotopic (exact) mass is 291 g/mol. The number of benzene rings is 2. The van der Waals surface area contributed by atoms with Crippen LogP contribution in [0.4, 0.5) is 0 Å². The standard InChI is InChI=1S/C15H17NO3S/c1-19-15-8-5-12(9-13(15)10-16)11-3-6-14(7-4-11)20(2,17)18/h3-9H,10,16H2,1-2H3. The lowest BCUT2D eigenvalue weighted by molar-refractivity contribution is 0.410. The number of hydrogen-bond acceptors (Lipinski definition) is 4. The Labute approximate surface area is 119 Å². The van der Waals surface area contributed by atoms with Crippen LogP contribution in [0.3, 0.4) is 0 Å². The van der Waals surface area contributed by atoms with Gasteiger partial charge in [0.15, 0.2) is 9.84 Å². The summed E-state index contributed by atoms with van der Waals surface area (Å²) in [7, 11) is -1.56. The van der Waals surface area contributed by atoms with Gasteiger partial charge in [0.1, 0.15) is 5.75 Å². The van der Waals surface area contributed by atoms with E-state index in [0.717, 1.165) is 22.4 Å². The van der Waals surface area contributed by atoms with E-state index in [2.05, 4.69) is 0 Å². The normalized spacial score (nSPS) is 11.3. The molecule has 0 bridgehead atoms. The molecular formula is C15H17NO3S. The molecule has 5 heteroatoms. The number of rotatable bonds is 4. The predicted octanol–water partition coefficient (Wildman–Crippen LogP) is 2.22. The molecule has 2 aromatic carbocycles. The van der Waals surface area contributed by atoms with Crippen LogP contribution < -0.4 is 10.5 Å². The van der Waals surface area contributed by atoms with Crippen LogP contribution in [0.25, 0.3) is 11.1 Å². The molecule has 0 radical (unpaired) electrons. The molecule has 0 fully saturated rings. The highest BCUT2D eigenvalue weighted by molar-refractivity contribution is 7.90. The molecule has 0 spiro atoms. The van der Waals surface area contributed by atoms with E-state index in [1.54, 1.807) is 31.4 Å². The van der Waals surface area contributed by atoms with Crippen molar-refractivity contribution in [3.05, 3.63) is 48.0 Å². The smallest absolute Gasteiger partial charge is 0.175 e. The van der Waals surface area contributed by atoms with Crippen LogP contribution in [0.5, 0.6) is 5.75 Å². The average Bonchev–Trinajstić information content (AvgIpc) is 2.45. The van der Waals surface area contributed by atoms with E-state index in [-0.39, 0.29) is 0 Å². The third kappa shape index (κ3) is 3.00. The van der Waals surface area contributed by atoms with Gasteiger partial charge in [-0.15, -0.1) is 0 Å². The zero-order chi connectivity index (χ0) is 14.8. The first-order chi connectivity index (χ1) is 9.45. The second-order valence-electron chi connectivity index (χ2n) is 4.53. The van der Waals surface area contributed by atoms with E-state index in [9.17, 15) is 8.42 Å². The molecule has 0 saturated carbocycles. The maximum atomic E-state index is 11.4. The summed E-state index contributed by atoms with van der Waals surface area (Å²) < 4.78 is 28.1. The van der Waals surface area contributed by atoms with Crippen molar-refractivity contribution in [2.75, 3.05) is 13.4 Å². The van der Waals surface area contributed by atoms with Crippen LogP contribution in [0, 0.1) is 0 Å². The topological polar surface area (TPSA) is 69.4 Å². The van der Waals surface area contributed by atoms with Crippen LogP contribution in [0.15, 0.2) is 47.4 Å². The van der Waals surface area contributed by atoms with Crippen LogP contribution in [0.2, 0.25) is 0 Å². The number of nitrogens with two attached hydrogens (primary N) is 1. The van der Waals surface area contributed by atoms with Crippen molar-refractivity contribution in [3.8, 4) is 16.9 Å². The fourth-order valence-electron chi connectivity index (χ4n) is 2.01. The highest BCUT2D eigenvalue weighted by Crippen LogP contribution is 2.27. The number of ether oxygens (including phenoxy) is 1. The highest BCUT2D eigenvalue weighted by Gasteiger charge is 2.08. The molecule has 0 aliphatic heterocycles. The molecule has 0 heterocycles. The Kier molecular flexibility index (Phi) is 4.11. The molecule has 106 valence electrons. The summed E-state index contributed by atoms with van der Waals surface area (Å²) in [6, 6.07) is 12.5. The minimum absolute atomic E-state index is 0.314. The van der Waals surface area contributed by atoms with Crippen molar-refractivity contribution in [2.24, 2.45) is 5.73 Å². The lowest BCUT2D eigenvalue weighted by atomic mass is 10.0. The molecule has 0 amide bonds. The Morgan fingerprint density at radius 1 is 1.05 bits per heavy atom. The van der Waals surface area contributed by atoms with Gasteiger partial charge in [0, 0.05) is 18.4 Å². The largest absolute Gasteiger partial charge is 0.496 e. The molecule has 4 nitrogen and oxygen atoms in total. The van der Waals surface area contributed by atoms with E-state index < -0.39 is 9.84 Å². The molecular weight excluding hydrogens is 274 g/mol. The molecule has 2 N–H and O–H groups in total. The van der Waals surface area contributed by atoms with Gasteiger partial charge in [0.25, 0.3) is 0 Å². The second-order valence-corrected chi connectivity index (χ2v) is 6.54. The first-order valence-electron chi connectivity index (χ1n) is 6.13. The zero-order valence-electron chi connectivity index (χ0n) is 11.5. The quantitative estimate of drug-likeness (QED) is 0.937. The van der Waals surface area contributed by atoms with E-state index in [0.29, 0.717) is 11.4 Å². The summed E-state index contributed by atoms with van der Waals surface area (Å²) in [6.07, 6.45) is 1.20. The molecule has 20 heavy (non-hydrogen) atoms. The SMILES string of the molecule is COc1ccc(-c2ccc(S(C)(=O)=O)cc2)cc1CN. The van der Waals surface area contributed by atoms with E-state index >= 15 is 0 Å².